The summed E-state index contributed by atoms with van der Waals surface area (Å²) in [4.78, 5) is 10.3. The predicted molar refractivity (Wildman–Crippen MR) is 55.4 cm³/mol. The molecular formula is C7H20O2Si2. The summed E-state index contributed by atoms with van der Waals surface area (Å²) in [6.45, 7) is 11.9. The zero-order chi connectivity index (χ0) is 9.49. The standard InChI is InChI=1S/C5H12O2Si.C2H8Si/c1-5(6)7-8(2,3)4;1-3-2/h1-4H3;3H2,1-2H3. The summed E-state index contributed by atoms with van der Waals surface area (Å²) >= 11 is 0. The Hall–Kier alpha value is -0.0962. The number of rotatable bonds is 1. The van der Waals surface area contributed by atoms with E-state index in [0.29, 0.717) is 9.52 Å². The molecule has 0 unspecified atom stereocenters. The first-order chi connectivity index (χ1) is 4.83. The molecular weight excluding hydrogens is 172 g/mol. The number of hydrogen-bond donors (Lipinski definition) is 0. The normalized spacial score (nSPS) is 9.64. The Morgan fingerprint density at radius 1 is 1.27 bits per heavy atom. The van der Waals surface area contributed by atoms with E-state index in [0.717, 1.165) is 0 Å². The number of carbonyl (C=O) groups excluding carboxylic acids is 1. The summed E-state index contributed by atoms with van der Waals surface area (Å²) < 4.78 is 4.94. The van der Waals surface area contributed by atoms with E-state index in [1.807, 2.05) is 19.6 Å². The highest BCUT2D eigenvalue weighted by molar-refractivity contribution is 6.71. The molecule has 0 heterocycles. The molecule has 0 rings (SSSR count). The summed E-state index contributed by atoms with van der Waals surface area (Å²) in [5.74, 6) is -0.163. The molecule has 0 aromatic rings. The van der Waals surface area contributed by atoms with Crippen LogP contribution in [-0.2, 0) is 9.22 Å². The molecule has 2 nitrogen and oxygen atoms in total. The lowest BCUT2D eigenvalue weighted by molar-refractivity contribution is -0.132. The van der Waals surface area contributed by atoms with Gasteiger partial charge in [0.15, 0.2) is 0 Å². The van der Waals surface area contributed by atoms with Crippen molar-refractivity contribution in [1.29, 1.82) is 0 Å². The predicted octanol–water partition coefficient (Wildman–Crippen LogP) is 1.64. The molecule has 0 aliphatic carbocycles. The molecule has 0 bridgehead atoms. The van der Waals surface area contributed by atoms with Crippen LogP contribution in [0, 0.1) is 0 Å². The van der Waals surface area contributed by atoms with Crippen LogP contribution in [0.25, 0.3) is 0 Å². The van der Waals surface area contributed by atoms with E-state index in [-0.39, 0.29) is 5.97 Å². The van der Waals surface area contributed by atoms with Crippen LogP contribution in [0.3, 0.4) is 0 Å². The minimum absolute atomic E-state index is 0.163. The fraction of sp³-hybridized carbons (Fsp3) is 0.857. The van der Waals surface area contributed by atoms with Gasteiger partial charge in [0.25, 0.3) is 5.97 Å². The van der Waals surface area contributed by atoms with Crippen molar-refractivity contribution in [1.82, 2.24) is 0 Å². The zero-order valence-electron chi connectivity index (χ0n) is 8.52. The molecule has 0 saturated carbocycles. The quantitative estimate of drug-likeness (QED) is 0.590. The van der Waals surface area contributed by atoms with Gasteiger partial charge in [-0.15, -0.1) is 0 Å². The van der Waals surface area contributed by atoms with Crippen molar-refractivity contribution in [2.45, 2.75) is 39.7 Å². The second kappa shape index (κ2) is 6.60. The van der Waals surface area contributed by atoms with Crippen LogP contribution < -0.4 is 0 Å². The van der Waals surface area contributed by atoms with Gasteiger partial charge in [0.2, 0.25) is 8.32 Å². The number of hydrogen-bond acceptors (Lipinski definition) is 2. The first-order valence-electron chi connectivity index (χ1n) is 4.03. The summed E-state index contributed by atoms with van der Waals surface area (Å²) in [5.41, 5.74) is 0. The van der Waals surface area contributed by atoms with Gasteiger partial charge in [-0.25, -0.2) is 0 Å². The molecule has 0 aromatic carbocycles. The lowest BCUT2D eigenvalue weighted by Gasteiger charge is -2.14. The summed E-state index contributed by atoms with van der Waals surface area (Å²) in [6.07, 6.45) is 0. The summed E-state index contributed by atoms with van der Waals surface area (Å²) in [6, 6.07) is 0. The number of carbonyl (C=O) groups is 1. The average molecular weight is 192 g/mol. The topological polar surface area (TPSA) is 26.3 Å². The Bertz CT molecular complexity index is 107. The van der Waals surface area contributed by atoms with Gasteiger partial charge < -0.3 is 4.43 Å². The van der Waals surface area contributed by atoms with Crippen molar-refractivity contribution in [2.75, 3.05) is 0 Å². The first-order valence-corrected chi connectivity index (χ1v) is 10.3. The fourth-order valence-electron chi connectivity index (χ4n) is 0.431. The molecule has 0 amide bonds. The highest BCUT2D eigenvalue weighted by Gasteiger charge is 2.16. The molecule has 0 fully saturated rings. The Morgan fingerprint density at radius 3 is 1.55 bits per heavy atom. The largest absolute Gasteiger partial charge is 0.520 e. The van der Waals surface area contributed by atoms with E-state index < -0.39 is 8.32 Å². The highest BCUT2D eigenvalue weighted by atomic mass is 28.4. The van der Waals surface area contributed by atoms with E-state index in [2.05, 4.69) is 13.1 Å². The summed E-state index contributed by atoms with van der Waals surface area (Å²) in [5, 5.41) is 0. The molecule has 0 radical (unpaired) electrons. The van der Waals surface area contributed by atoms with Gasteiger partial charge in [0.05, 0.1) is 0 Å². The van der Waals surface area contributed by atoms with Crippen LogP contribution >= 0.6 is 0 Å². The van der Waals surface area contributed by atoms with Gasteiger partial charge in [-0.05, 0) is 19.6 Å². The Morgan fingerprint density at radius 2 is 1.55 bits per heavy atom. The van der Waals surface area contributed by atoms with Crippen molar-refractivity contribution in [3.8, 4) is 0 Å². The van der Waals surface area contributed by atoms with Crippen LogP contribution in [-0.4, -0.2) is 23.8 Å². The Labute approximate surface area is 73.3 Å². The third-order valence-corrected chi connectivity index (χ3v) is 1.35. The monoisotopic (exact) mass is 192 g/mol. The molecule has 0 atom stereocenters. The van der Waals surface area contributed by atoms with Crippen molar-refractivity contribution in [2.24, 2.45) is 0 Å². The third kappa shape index (κ3) is 25.7. The van der Waals surface area contributed by atoms with Crippen LogP contribution in [0.2, 0.25) is 32.7 Å². The maximum atomic E-state index is 10.3. The van der Waals surface area contributed by atoms with Gasteiger partial charge in [-0.1, -0.05) is 13.1 Å². The van der Waals surface area contributed by atoms with Gasteiger partial charge in [0.1, 0.15) is 0 Å². The van der Waals surface area contributed by atoms with E-state index in [9.17, 15) is 4.79 Å². The SMILES string of the molecule is CC(=O)O[Si](C)(C)C.C[SiH2]C. The maximum absolute atomic E-state index is 10.3. The highest BCUT2D eigenvalue weighted by Crippen LogP contribution is 2.01. The lowest BCUT2D eigenvalue weighted by atomic mass is 10.9. The van der Waals surface area contributed by atoms with Gasteiger partial charge in [0, 0.05) is 16.4 Å². The Kier molecular flexibility index (Phi) is 8.10. The van der Waals surface area contributed by atoms with E-state index in [4.69, 9.17) is 4.43 Å². The van der Waals surface area contributed by atoms with Crippen LogP contribution in [0.1, 0.15) is 6.92 Å². The lowest BCUT2D eigenvalue weighted by Crippen LogP contribution is -2.27. The fourth-order valence-corrected chi connectivity index (χ4v) is 1.29. The smallest absolute Gasteiger partial charge is 0.289 e. The molecule has 68 valence electrons. The van der Waals surface area contributed by atoms with Crippen molar-refractivity contribution < 1.29 is 9.22 Å². The van der Waals surface area contributed by atoms with Crippen molar-refractivity contribution >= 4 is 23.8 Å². The Balaban J connectivity index is 0. The molecule has 0 aliphatic heterocycles. The van der Waals surface area contributed by atoms with Gasteiger partial charge in [-0.3, -0.25) is 4.79 Å². The molecule has 0 aromatic heterocycles. The molecule has 0 saturated heterocycles. The molecule has 0 N–H and O–H groups in total. The second-order valence-electron chi connectivity index (χ2n) is 3.41. The van der Waals surface area contributed by atoms with E-state index in [1.165, 1.54) is 6.92 Å². The van der Waals surface area contributed by atoms with Crippen molar-refractivity contribution in [3.63, 3.8) is 0 Å². The zero-order valence-corrected chi connectivity index (χ0v) is 10.9. The van der Waals surface area contributed by atoms with Crippen LogP contribution in [0.4, 0.5) is 0 Å². The minimum Gasteiger partial charge on any atom is -0.520 e. The molecule has 4 heteroatoms. The maximum Gasteiger partial charge on any atom is 0.289 e. The van der Waals surface area contributed by atoms with E-state index in [1.54, 1.807) is 0 Å². The van der Waals surface area contributed by atoms with E-state index >= 15 is 0 Å². The van der Waals surface area contributed by atoms with Gasteiger partial charge in [-0.2, -0.15) is 0 Å². The third-order valence-electron chi connectivity index (χ3n) is 0.450. The van der Waals surface area contributed by atoms with Crippen molar-refractivity contribution in [3.05, 3.63) is 0 Å². The van der Waals surface area contributed by atoms with Crippen LogP contribution in [0.15, 0.2) is 0 Å². The molecule has 11 heavy (non-hydrogen) atoms. The first kappa shape index (κ1) is 13.5. The minimum atomic E-state index is -1.57. The van der Waals surface area contributed by atoms with Gasteiger partial charge >= 0.3 is 0 Å². The summed E-state index contributed by atoms with van der Waals surface area (Å²) in [7, 11) is -1.15. The molecule has 0 spiro atoms. The van der Waals surface area contributed by atoms with Crippen LogP contribution in [0.5, 0.6) is 0 Å². The molecule has 0 aliphatic rings. The average Bonchev–Trinajstić information content (AvgIpc) is 1.57. The second-order valence-corrected chi connectivity index (χ2v) is 9.26.